The zero-order chi connectivity index (χ0) is 25.3. The van der Waals surface area contributed by atoms with Crippen molar-refractivity contribution < 1.29 is 36.3 Å². The van der Waals surface area contributed by atoms with Crippen LogP contribution >= 0.6 is 0 Å². The number of likely N-dealkylation sites (N-methyl/N-ethyl adjacent to an activating group) is 1. The number of halogens is 5. The number of para-hydroxylation sites is 1. The quantitative estimate of drug-likeness (QED) is 0.484. The molecule has 0 bridgehead atoms. The second-order valence-corrected chi connectivity index (χ2v) is 7.82. The molecule has 3 rings (SSSR count). The number of nitrogens with one attached hydrogen (secondary N) is 2. The van der Waals surface area contributed by atoms with E-state index in [2.05, 4.69) is 5.32 Å². The molecule has 11 heteroatoms. The molecule has 0 aromatic heterocycles. The Labute approximate surface area is 192 Å². The van der Waals surface area contributed by atoms with E-state index >= 15 is 0 Å². The maximum atomic E-state index is 13.2. The van der Waals surface area contributed by atoms with Crippen LogP contribution in [0.3, 0.4) is 0 Å². The lowest BCUT2D eigenvalue weighted by molar-refractivity contribution is -0.278. The molecule has 34 heavy (non-hydrogen) atoms. The second kappa shape index (κ2) is 9.40. The number of alkyl halides is 5. The molecule has 2 atom stereocenters. The molecular weight excluding hydrogens is 461 g/mol. The predicted octanol–water partition coefficient (Wildman–Crippen LogP) is 3.83. The van der Waals surface area contributed by atoms with Crippen molar-refractivity contribution in [3.05, 3.63) is 54.1 Å². The van der Waals surface area contributed by atoms with Crippen LogP contribution < -0.4 is 15.5 Å². The summed E-state index contributed by atoms with van der Waals surface area (Å²) < 4.78 is 63.5. The monoisotopic (exact) mass is 483 g/mol. The lowest BCUT2D eigenvalue weighted by Crippen LogP contribution is -2.51. The van der Waals surface area contributed by atoms with E-state index < -0.39 is 48.3 Å². The summed E-state index contributed by atoms with van der Waals surface area (Å²) in [5, 5.41) is 3.99. The van der Waals surface area contributed by atoms with Crippen LogP contribution in [0.1, 0.15) is 24.9 Å². The van der Waals surface area contributed by atoms with Gasteiger partial charge in [0.1, 0.15) is 12.0 Å². The highest BCUT2D eigenvalue weighted by Gasteiger charge is 2.57. The lowest BCUT2D eigenvalue weighted by Gasteiger charge is -2.25. The summed E-state index contributed by atoms with van der Waals surface area (Å²) in [7, 11) is 1.52. The number of carbonyl (C=O) groups excluding carboxylic acids is 3. The van der Waals surface area contributed by atoms with Crippen LogP contribution in [0.25, 0.3) is 11.1 Å². The first-order chi connectivity index (χ1) is 15.9. The standard InChI is InChI=1S/C23H22F5N3O3/c1-3-13(19(32)29-12-22(24,25)23(26,27)28)20(33)30-18-16-10-5-4-8-14(16)15-9-6-7-11-17(15)31(2)21(18)34/h4-11,13,18H,3,12H2,1-2H3,(H,29,32)(H,30,33)/t13-,18-/m0/s1. The number of amides is 3. The third-order valence-corrected chi connectivity index (χ3v) is 5.63. The van der Waals surface area contributed by atoms with Crippen molar-refractivity contribution in [3.8, 4) is 11.1 Å². The maximum absolute atomic E-state index is 13.2. The van der Waals surface area contributed by atoms with Gasteiger partial charge in [-0.2, -0.15) is 22.0 Å². The largest absolute Gasteiger partial charge is 0.455 e. The average Bonchev–Trinajstić information content (AvgIpc) is 2.87. The molecule has 0 fully saturated rings. The van der Waals surface area contributed by atoms with Crippen molar-refractivity contribution in [1.29, 1.82) is 0 Å². The summed E-state index contributed by atoms with van der Waals surface area (Å²) in [5.74, 6) is -9.51. The topological polar surface area (TPSA) is 78.5 Å². The molecule has 1 aliphatic rings. The smallest absolute Gasteiger partial charge is 0.349 e. The molecule has 0 radical (unpaired) electrons. The maximum Gasteiger partial charge on any atom is 0.455 e. The molecule has 1 aliphatic heterocycles. The van der Waals surface area contributed by atoms with Crippen LogP contribution in [-0.2, 0) is 14.4 Å². The van der Waals surface area contributed by atoms with E-state index in [4.69, 9.17) is 0 Å². The fraction of sp³-hybridized carbons (Fsp3) is 0.348. The molecule has 3 amide bonds. The van der Waals surface area contributed by atoms with Crippen LogP contribution in [-0.4, -0.2) is 43.4 Å². The first-order valence-electron chi connectivity index (χ1n) is 10.4. The summed E-state index contributed by atoms with van der Waals surface area (Å²) in [4.78, 5) is 39.8. The van der Waals surface area contributed by atoms with Crippen molar-refractivity contribution in [2.24, 2.45) is 5.92 Å². The highest BCUT2D eigenvalue weighted by Crippen LogP contribution is 2.39. The summed E-state index contributed by atoms with van der Waals surface area (Å²) in [6.45, 7) is -0.598. The molecule has 2 N–H and O–H groups in total. The normalized spacial score (nSPS) is 16.7. The fourth-order valence-electron chi connectivity index (χ4n) is 3.73. The Hall–Kier alpha value is -3.50. The van der Waals surface area contributed by atoms with E-state index in [1.54, 1.807) is 42.5 Å². The number of anilines is 1. The molecule has 0 spiro atoms. The Morgan fingerprint density at radius 1 is 0.971 bits per heavy atom. The van der Waals surface area contributed by atoms with Crippen molar-refractivity contribution in [1.82, 2.24) is 10.6 Å². The average molecular weight is 483 g/mol. The third kappa shape index (κ3) is 4.73. The van der Waals surface area contributed by atoms with E-state index in [9.17, 15) is 36.3 Å². The van der Waals surface area contributed by atoms with Gasteiger partial charge in [0.05, 0.1) is 12.2 Å². The van der Waals surface area contributed by atoms with Gasteiger partial charge in [-0.05, 0) is 23.6 Å². The Morgan fingerprint density at radius 2 is 1.56 bits per heavy atom. The molecule has 0 aliphatic carbocycles. The summed E-state index contributed by atoms with van der Waals surface area (Å²) in [6, 6.07) is 12.7. The van der Waals surface area contributed by atoms with Crippen molar-refractivity contribution in [3.63, 3.8) is 0 Å². The van der Waals surface area contributed by atoms with Gasteiger partial charge in [0.2, 0.25) is 11.8 Å². The molecule has 182 valence electrons. The minimum Gasteiger partial charge on any atom is -0.349 e. The molecule has 0 saturated heterocycles. The van der Waals surface area contributed by atoms with Gasteiger partial charge in [0.25, 0.3) is 5.91 Å². The molecule has 0 saturated carbocycles. The van der Waals surface area contributed by atoms with Gasteiger partial charge in [0.15, 0.2) is 0 Å². The van der Waals surface area contributed by atoms with Crippen molar-refractivity contribution in [2.45, 2.75) is 31.5 Å². The Bertz CT molecular complexity index is 1100. The van der Waals surface area contributed by atoms with Gasteiger partial charge in [0, 0.05) is 12.6 Å². The Kier molecular flexibility index (Phi) is 6.94. The highest BCUT2D eigenvalue weighted by atomic mass is 19.4. The number of benzene rings is 2. The Morgan fingerprint density at radius 3 is 2.18 bits per heavy atom. The molecule has 0 unspecified atom stereocenters. The summed E-state index contributed by atoms with van der Waals surface area (Å²) in [6.07, 6.45) is -6.03. The minimum absolute atomic E-state index is 0.187. The van der Waals surface area contributed by atoms with Crippen LogP contribution in [0.4, 0.5) is 27.6 Å². The van der Waals surface area contributed by atoms with Gasteiger partial charge in [-0.25, -0.2) is 0 Å². The van der Waals surface area contributed by atoms with Gasteiger partial charge in [-0.15, -0.1) is 0 Å². The minimum atomic E-state index is -5.85. The lowest BCUT2D eigenvalue weighted by atomic mass is 9.94. The number of fused-ring (bicyclic) bond motifs is 3. The van der Waals surface area contributed by atoms with Gasteiger partial charge >= 0.3 is 12.1 Å². The highest BCUT2D eigenvalue weighted by molar-refractivity contribution is 6.07. The number of hydrogen-bond acceptors (Lipinski definition) is 3. The van der Waals surface area contributed by atoms with Gasteiger partial charge in [-0.1, -0.05) is 49.4 Å². The van der Waals surface area contributed by atoms with Crippen molar-refractivity contribution in [2.75, 3.05) is 18.5 Å². The van der Waals surface area contributed by atoms with Crippen molar-refractivity contribution >= 4 is 23.4 Å². The Balaban J connectivity index is 1.85. The zero-order valence-corrected chi connectivity index (χ0v) is 18.2. The number of carbonyl (C=O) groups is 3. The molecule has 2 aromatic rings. The predicted molar refractivity (Wildman–Crippen MR) is 114 cm³/mol. The third-order valence-electron chi connectivity index (χ3n) is 5.63. The van der Waals surface area contributed by atoms with E-state index in [1.807, 2.05) is 6.07 Å². The van der Waals surface area contributed by atoms with Crippen LogP contribution in [0.2, 0.25) is 0 Å². The van der Waals surface area contributed by atoms with Crippen LogP contribution in [0, 0.1) is 5.92 Å². The second-order valence-electron chi connectivity index (χ2n) is 7.82. The first kappa shape index (κ1) is 25.1. The van der Waals surface area contributed by atoms with Gasteiger partial charge < -0.3 is 15.5 Å². The van der Waals surface area contributed by atoms with E-state index in [0.717, 1.165) is 5.56 Å². The molecule has 1 heterocycles. The zero-order valence-electron chi connectivity index (χ0n) is 18.2. The van der Waals surface area contributed by atoms with E-state index in [1.165, 1.54) is 24.2 Å². The molecule has 2 aromatic carbocycles. The molecule has 6 nitrogen and oxygen atoms in total. The van der Waals surface area contributed by atoms with E-state index in [0.29, 0.717) is 16.8 Å². The van der Waals surface area contributed by atoms with Crippen LogP contribution in [0.15, 0.2) is 48.5 Å². The fourth-order valence-corrected chi connectivity index (χ4v) is 3.73. The van der Waals surface area contributed by atoms with Gasteiger partial charge in [-0.3, -0.25) is 14.4 Å². The summed E-state index contributed by atoms with van der Waals surface area (Å²) in [5.41, 5.74) is 2.46. The SMILES string of the molecule is CC[C@@H](C(=O)NCC(F)(F)C(F)(F)F)C(=O)N[C@@H]1C(=O)N(C)c2ccccc2-c2ccccc21. The number of rotatable bonds is 6. The summed E-state index contributed by atoms with van der Waals surface area (Å²) >= 11 is 0. The number of nitrogens with zero attached hydrogens (tertiary/aromatic N) is 1. The molecular formula is C23H22F5N3O3. The first-order valence-corrected chi connectivity index (χ1v) is 10.4. The number of hydrogen-bond donors (Lipinski definition) is 2. The van der Waals surface area contributed by atoms with E-state index in [-0.39, 0.29) is 6.42 Å². The van der Waals surface area contributed by atoms with Crippen LogP contribution in [0.5, 0.6) is 0 Å².